The summed E-state index contributed by atoms with van der Waals surface area (Å²) in [7, 11) is -1.42. The van der Waals surface area contributed by atoms with E-state index in [1.54, 1.807) is 16.4 Å². The molecular weight excluding hydrogens is 565 g/mol. The third kappa shape index (κ3) is 6.44. The van der Waals surface area contributed by atoms with Crippen LogP contribution in [-0.4, -0.2) is 65.6 Å². The molecule has 1 aliphatic rings. The van der Waals surface area contributed by atoms with Crippen LogP contribution in [0.3, 0.4) is 0 Å². The summed E-state index contributed by atoms with van der Waals surface area (Å²) in [5.74, 6) is 0.458. The zero-order chi connectivity index (χ0) is 29.1. The van der Waals surface area contributed by atoms with E-state index >= 15 is 0 Å². The zero-order valence-corrected chi connectivity index (χ0v) is 25.0. The summed E-state index contributed by atoms with van der Waals surface area (Å²) in [4.78, 5) is 22.7. The molecule has 0 saturated carbocycles. The molecular formula is C29H34FN5O4S2. The second-order valence-electron chi connectivity index (χ2n) is 10.2. The van der Waals surface area contributed by atoms with Crippen LogP contribution in [0, 0.1) is 5.82 Å². The fourth-order valence-electron chi connectivity index (χ4n) is 5.25. The summed E-state index contributed by atoms with van der Waals surface area (Å²) in [6, 6.07) is 10.4. The minimum atomic E-state index is -3.39. The second-order valence-corrected chi connectivity index (χ2v) is 13.1. The average molecular weight is 600 g/mol. The number of aromatic nitrogens is 3. The van der Waals surface area contributed by atoms with E-state index < -0.39 is 16.0 Å². The molecule has 0 spiro atoms. The number of carbonyl (C=O) groups excluding carboxylic acids is 1. The van der Waals surface area contributed by atoms with Gasteiger partial charge in [-0.2, -0.15) is 0 Å². The number of carbonyl (C=O) groups is 1. The Kier molecular flexibility index (Phi) is 8.71. The Balaban J connectivity index is 1.33. The largest absolute Gasteiger partial charge is 0.466 e. The normalized spacial score (nSPS) is 14.9. The number of halogens is 1. The van der Waals surface area contributed by atoms with Crippen molar-refractivity contribution in [1.82, 2.24) is 18.7 Å². The van der Waals surface area contributed by atoms with Crippen LogP contribution < -0.4 is 4.90 Å². The molecule has 0 amide bonds. The quantitative estimate of drug-likeness (QED) is 0.178. The zero-order valence-electron chi connectivity index (χ0n) is 23.4. The summed E-state index contributed by atoms with van der Waals surface area (Å²) < 4.78 is 47.5. The van der Waals surface area contributed by atoms with Crippen LogP contribution in [0.25, 0.3) is 16.9 Å². The van der Waals surface area contributed by atoms with Gasteiger partial charge in [-0.05, 0) is 67.5 Å². The van der Waals surface area contributed by atoms with Gasteiger partial charge in [0, 0.05) is 44.2 Å². The summed E-state index contributed by atoms with van der Waals surface area (Å²) in [6.45, 7) is 4.42. The minimum Gasteiger partial charge on any atom is -0.466 e. The van der Waals surface area contributed by atoms with Crippen molar-refractivity contribution in [3.05, 3.63) is 65.0 Å². The van der Waals surface area contributed by atoms with Crippen LogP contribution in [0.15, 0.2) is 48.0 Å². The minimum absolute atomic E-state index is 0.0267. The summed E-state index contributed by atoms with van der Waals surface area (Å²) in [6.07, 6.45) is 4.61. The lowest BCUT2D eigenvalue weighted by Crippen LogP contribution is -2.39. The first-order valence-electron chi connectivity index (χ1n) is 13.7. The molecule has 1 fully saturated rings. The number of fused-ring (bicyclic) bond motifs is 1. The van der Waals surface area contributed by atoms with Crippen molar-refractivity contribution >= 4 is 43.9 Å². The molecule has 0 atom stereocenters. The van der Waals surface area contributed by atoms with Crippen LogP contribution in [-0.2, 0) is 26.0 Å². The Morgan fingerprint density at radius 2 is 1.88 bits per heavy atom. The summed E-state index contributed by atoms with van der Waals surface area (Å²) in [5.41, 5.74) is 4.59. The highest BCUT2D eigenvalue weighted by Gasteiger charge is 2.29. The summed E-state index contributed by atoms with van der Waals surface area (Å²) >= 11 is 1.52. The second kappa shape index (κ2) is 12.3. The third-order valence-electron chi connectivity index (χ3n) is 7.43. The lowest BCUT2D eigenvalue weighted by molar-refractivity contribution is -0.140. The SMILES string of the molecule is CCc1nc2ccc(C3CCN(S(=O)(=O)CCCOC(C)=O)CC3)cn2c1N(C)c1nc(-c2ccc(F)cc2)cs1. The third-order valence-corrected chi connectivity index (χ3v) is 10.3. The van der Waals surface area contributed by atoms with Crippen molar-refractivity contribution in [2.45, 2.75) is 45.4 Å². The number of nitrogens with zero attached hydrogens (tertiary/aromatic N) is 5. The van der Waals surface area contributed by atoms with E-state index in [-0.39, 0.29) is 24.1 Å². The maximum absolute atomic E-state index is 13.4. The maximum atomic E-state index is 13.4. The van der Waals surface area contributed by atoms with E-state index in [0.29, 0.717) is 19.5 Å². The standard InChI is InChI=1S/C29H34FN5O4S2/c1-4-25-28(33(3)29-32-26(19-40-29)22-6-9-24(30)10-7-22)35-18-23(8-11-27(35)31-25)21-12-14-34(15-13-21)41(37,38)17-5-16-39-20(2)36/h6-11,18-19,21H,4-5,12-17H2,1-3H3. The highest BCUT2D eigenvalue weighted by molar-refractivity contribution is 7.89. The molecule has 0 radical (unpaired) electrons. The average Bonchev–Trinajstić information content (AvgIpc) is 3.60. The Hall–Kier alpha value is -3.35. The van der Waals surface area contributed by atoms with Gasteiger partial charge in [-0.15, -0.1) is 11.3 Å². The number of sulfonamides is 1. The van der Waals surface area contributed by atoms with Crippen LogP contribution in [0.1, 0.15) is 50.3 Å². The maximum Gasteiger partial charge on any atom is 0.302 e. The van der Waals surface area contributed by atoms with E-state index in [1.165, 1.54) is 30.4 Å². The molecule has 4 aromatic rings. The number of hydrogen-bond donors (Lipinski definition) is 0. The van der Waals surface area contributed by atoms with Gasteiger partial charge in [0.05, 0.1) is 23.7 Å². The van der Waals surface area contributed by atoms with Crippen molar-refractivity contribution in [3.8, 4) is 11.3 Å². The van der Waals surface area contributed by atoms with Crippen molar-refractivity contribution < 1.29 is 22.3 Å². The number of anilines is 2. The smallest absolute Gasteiger partial charge is 0.302 e. The number of thiazole rings is 1. The van der Waals surface area contributed by atoms with Crippen LogP contribution in [0.4, 0.5) is 15.3 Å². The van der Waals surface area contributed by atoms with Gasteiger partial charge in [-0.3, -0.25) is 9.20 Å². The van der Waals surface area contributed by atoms with E-state index in [1.807, 2.05) is 23.4 Å². The van der Waals surface area contributed by atoms with Crippen molar-refractivity contribution in [1.29, 1.82) is 0 Å². The Labute approximate surface area is 243 Å². The Morgan fingerprint density at radius 3 is 2.56 bits per heavy atom. The van der Waals surface area contributed by atoms with Gasteiger partial charge >= 0.3 is 5.97 Å². The van der Waals surface area contributed by atoms with Gasteiger partial charge in [-0.1, -0.05) is 13.0 Å². The van der Waals surface area contributed by atoms with E-state index in [4.69, 9.17) is 14.7 Å². The van der Waals surface area contributed by atoms with Gasteiger partial charge in [-0.25, -0.2) is 27.1 Å². The number of rotatable bonds is 10. The molecule has 0 unspecified atom stereocenters. The van der Waals surface area contributed by atoms with Crippen LogP contribution >= 0.6 is 11.3 Å². The Morgan fingerprint density at radius 1 is 1.15 bits per heavy atom. The first-order valence-corrected chi connectivity index (χ1v) is 16.2. The molecule has 5 rings (SSSR count). The number of imidazole rings is 1. The first-order chi connectivity index (χ1) is 19.7. The van der Waals surface area contributed by atoms with E-state index in [2.05, 4.69) is 23.6 Å². The molecule has 12 heteroatoms. The molecule has 0 N–H and O–H groups in total. The number of aryl methyl sites for hydroxylation is 1. The van der Waals surface area contributed by atoms with Gasteiger partial charge in [0.25, 0.3) is 0 Å². The molecule has 1 saturated heterocycles. The van der Waals surface area contributed by atoms with Crippen molar-refractivity contribution in [2.75, 3.05) is 37.4 Å². The van der Waals surface area contributed by atoms with Crippen LogP contribution in [0.5, 0.6) is 0 Å². The molecule has 1 aromatic carbocycles. The molecule has 4 heterocycles. The van der Waals surface area contributed by atoms with E-state index in [0.717, 1.165) is 58.4 Å². The fourth-order valence-corrected chi connectivity index (χ4v) is 7.56. The van der Waals surface area contributed by atoms with E-state index in [9.17, 15) is 17.6 Å². The van der Waals surface area contributed by atoms with Gasteiger partial charge in [0.15, 0.2) is 5.13 Å². The van der Waals surface area contributed by atoms with Crippen molar-refractivity contribution in [2.24, 2.45) is 0 Å². The van der Waals surface area contributed by atoms with Gasteiger partial charge < -0.3 is 9.64 Å². The number of benzene rings is 1. The summed E-state index contributed by atoms with van der Waals surface area (Å²) in [5, 5.41) is 2.77. The van der Waals surface area contributed by atoms with Crippen LogP contribution in [0.2, 0.25) is 0 Å². The lowest BCUT2D eigenvalue weighted by atomic mass is 9.91. The van der Waals surface area contributed by atoms with Crippen molar-refractivity contribution in [3.63, 3.8) is 0 Å². The predicted molar refractivity (Wildman–Crippen MR) is 159 cm³/mol. The monoisotopic (exact) mass is 599 g/mol. The molecule has 9 nitrogen and oxygen atoms in total. The predicted octanol–water partition coefficient (Wildman–Crippen LogP) is 5.39. The fraction of sp³-hybridized carbons (Fsp3) is 0.414. The number of pyridine rings is 1. The number of hydrogen-bond acceptors (Lipinski definition) is 8. The molecule has 0 bridgehead atoms. The molecule has 0 aliphatic carbocycles. The first kappa shape index (κ1) is 29.2. The topological polar surface area (TPSA) is 97.1 Å². The molecule has 1 aliphatic heterocycles. The Bertz CT molecular complexity index is 1630. The number of ether oxygens (including phenoxy) is 1. The molecule has 41 heavy (non-hydrogen) atoms. The van der Waals surface area contributed by atoms with Gasteiger partial charge in [0.2, 0.25) is 10.0 Å². The highest BCUT2D eigenvalue weighted by atomic mass is 32.2. The number of piperidine rings is 1. The number of esters is 1. The molecule has 218 valence electrons. The molecule has 3 aromatic heterocycles. The lowest BCUT2D eigenvalue weighted by Gasteiger charge is -2.31. The highest BCUT2D eigenvalue weighted by Crippen LogP contribution is 2.35. The van der Waals surface area contributed by atoms with Gasteiger partial charge in [0.1, 0.15) is 17.3 Å².